The average Bonchev–Trinajstić information content (AvgIpc) is 3.21. The largest absolute Gasteiger partial charge is 0.458 e. The van der Waals surface area contributed by atoms with Crippen molar-refractivity contribution in [3.05, 3.63) is 0 Å². The molecule has 238 valence electrons. The van der Waals surface area contributed by atoms with E-state index in [4.69, 9.17) is 23.7 Å². The second-order valence-electron chi connectivity index (χ2n) is 13.4. The van der Waals surface area contributed by atoms with Crippen molar-refractivity contribution in [3.8, 4) is 0 Å². The van der Waals surface area contributed by atoms with Crippen LogP contribution in [0.1, 0.15) is 87.5 Å². The number of nitrogens with one attached hydrogen (secondary N) is 2. The molecule has 0 aromatic carbocycles. The third-order valence-corrected chi connectivity index (χ3v) is 9.76. The minimum Gasteiger partial charge on any atom is -0.458 e. The van der Waals surface area contributed by atoms with Crippen molar-refractivity contribution in [2.45, 2.75) is 135 Å². The van der Waals surface area contributed by atoms with Crippen LogP contribution in [0.3, 0.4) is 0 Å². The Labute approximate surface area is 248 Å². The Morgan fingerprint density at radius 2 is 1.60 bits per heavy atom. The van der Waals surface area contributed by atoms with Crippen molar-refractivity contribution in [2.24, 2.45) is 23.7 Å². The Bertz CT molecular complexity index is 1060. The second kappa shape index (κ2) is 12.3. The highest BCUT2D eigenvalue weighted by atomic mass is 16.7. The molecule has 0 spiro atoms. The van der Waals surface area contributed by atoms with Crippen LogP contribution in [-0.4, -0.2) is 83.9 Å². The summed E-state index contributed by atoms with van der Waals surface area (Å²) in [6.07, 6.45) is -1.29. The molecule has 2 N–H and O–H groups in total. The summed E-state index contributed by atoms with van der Waals surface area (Å²) < 4.78 is 30.7. The highest BCUT2D eigenvalue weighted by molar-refractivity contribution is 5.85. The van der Waals surface area contributed by atoms with Gasteiger partial charge in [0.2, 0.25) is 0 Å². The van der Waals surface area contributed by atoms with Gasteiger partial charge >= 0.3 is 18.2 Å². The molecule has 0 aromatic rings. The zero-order valence-corrected chi connectivity index (χ0v) is 26.4. The lowest BCUT2D eigenvalue weighted by Crippen LogP contribution is -2.60. The average molecular weight is 596 g/mol. The number of hydrogen-bond acceptors (Lipinski definition) is 10. The molecule has 4 saturated heterocycles. The molecule has 12 atom stereocenters. The van der Waals surface area contributed by atoms with Gasteiger partial charge in [-0.2, -0.15) is 0 Å². The predicted molar refractivity (Wildman–Crippen MR) is 151 cm³/mol. The Morgan fingerprint density at radius 3 is 2.26 bits per heavy atom. The lowest BCUT2D eigenvalue weighted by Gasteiger charge is -2.47. The van der Waals surface area contributed by atoms with E-state index < -0.39 is 71.7 Å². The van der Waals surface area contributed by atoms with Crippen molar-refractivity contribution in [3.63, 3.8) is 0 Å². The van der Waals surface area contributed by atoms with Gasteiger partial charge in [0.05, 0.1) is 18.1 Å². The number of hydrazine groups is 1. The maximum absolute atomic E-state index is 14.0. The van der Waals surface area contributed by atoms with Crippen molar-refractivity contribution < 1.29 is 42.9 Å². The molecule has 0 aliphatic carbocycles. The summed E-state index contributed by atoms with van der Waals surface area (Å²) >= 11 is 0. The number of ketones is 1. The van der Waals surface area contributed by atoms with Gasteiger partial charge in [-0.3, -0.25) is 15.0 Å². The molecule has 2 bridgehead atoms. The molecule has 0 aromatic heterocycles. The standard InChI is InChI=1S/C30H49N3O9/c1-10-21-30(8)24(31-27(36)42-30)19(6)23(34)17(4)14-29(7)25(15(2)11-16(3)26(35)39-21)40-22-13-20(12-18(5)38-22)33(9)32-28(37)41-29/h15-22,24-25H,10-14H2,1-9H3,(H,31,36)(H,32,37)/t15-,16+,17+,18+,19?,20-,21+,22-,24?,25+,29+,30+/m0/s1. The van der Waals surface area contributed by atoms with Gasteiger partial charge in [0.15, 0.2) is 11.9 Å². The fourth-order valence-electron chi connectivity index (χ4n) is 7.62. The number of ether oxygens (including phenoxy) is 5. The number of carbonyl (C=O) groups excluding carboxylic acids is 4. The molecule has 4 rings (SSSR count). The van der Waals surface area contributed by atoms with Gasteiger partial charge in [0.1, 0.15) is 23.6 Å². The third-order valence-electron chi connectivity index (χ3n) is 9.76. The molecule has 12 nitrogen and oxygen atoms in total. The lowest BCUT2D eigenvalue weighted by molar-refractivity contribution is -0.267. The van der Waals surface area contributed by atoms with Crippen LogP contribution in [0.5, 0.6) is 0 Å². The number of amides is 2. The summed E-state index contributed by atoms with van der Waals surface area (Å²) in [5, 5.41) is 4.53. The highest BCUT2D eigenvalue weighted by Gasteiger charge is 2.57. The molecule has 12 heteroatoms. The van der Waals surface area contributed by atoms with E-state index in [0.29, 0.717) is 25.7 Å². The first-order valence-electron chi connectivity index (χ1n) is 15.3. The Morgan fingerprint density at radius 1 is 0.905 bits per heavy atom. The zero-order chi connectivity index (χ0) is 31.1. The summed E-state index contributed by atoms with van der Waals surface area (Å²) in [4.78, 5) is 53.2. The van der Waals surface area contributed by atoms with Crippen molar-refractivity contribution >= 4 is 23.9 Å². The molecular formula is C30H49N3O9. The number of cyclic esters (lactones) is 1. The number of esters is 1. The summed E-state index contributed by atoms with van der Waals surface area (Å²) in [5.41, 5.74) is 0.328. The normalized spacial score (nSPS) is 46.0. The number of alkyl carbamates (subject to hydrolysis) is 1. The Balaban J connectivity index is 1.76. The summed E-state index contributed by atoms with van der Waals surface area (Å²) in [6, 6.07) is -0.755. The van der Waals surface area contributed by atoms with E-state index in [9.17, 15) is 19.2 Å². The first kappa shape index (κ1) is 32.5. The summed E-state index contributed by atoms with van der Waals surface area (Å²) in [5.74, 6) is -2.68. The Hall–Kier alpha value is -2.44. The number of nitrogens with zero attached hydrogens (tertiary/aromatic N) is 1. The van der Waals surface area contributed by atoms with Crippen LogP contribution in [0.2, 0.25) is 0 Å². The summed E-state index contributed by atoms with van der Waals surface area (Å²) in [6.45, 7) is 14.6. The van der Waals surface area contributed by atoms with Gasteiger partial charge in [-0.1, -0.05) is 34.6 Å². The molecule has 4 aliphatic rings. The topological polar surface area (TPSA) is 142 Å². The number of hydrogen-bond donors (Lipinski definition) is 2. The fraction of sp³-hybridized carbons (Fsp3) is 0.867. The van der Waals surface area contributed by atoms with E-state index in [0.717, 1.165) is 0 Å². The smallest absolute Gasteiger partial charge is 0.422 e. The van der Waals surface area contributed by atoms with Crippen LogP contribution >= 0.6 is 0 Å². The van der Waals surface area contributed by atoms with Crippen molar-refractivity contribution in [1.82, 2.24) is 15.8 Å². The van der Waals surface area contributed by atoms with Gasteiger partial charge in [-0.15, -0.1) is 0 Å². The third kappa shape index (κ3) is 6.40. The predicted octanol–water partition coefficient (Wildman–Crippen LogP) is 3.71. The van der Waals surface area contributed by atoms with Crippen LogP contribution in [0.25, 0.3) is 0 Å². The molecule has 4 fully saturated rings. The van der Waals surface area contributed by atoms with Crippen LogP contribution in [0.4, 0.5) is 9.59 Å². The monoisotopic (exact) mass is 595 g/mol. The molecule has 2 unspecified atom stereocenters. The van der Waals surface area contributed by atoms with Gasteiger partial charge in [0, 0.05) is 31.3 Å². The SMILES string of the molecule is CC[C@H]1OC(=O)[C@H](C)C[C@H](C)[C@H]2O[C@H]3C[C@H](C[C@@H](C)O3)N(C)NC(=O)O[C@]2(C)C[C@@H](C)C(=O)C(C)C2NC(=O)O[C@@]21C. The van der Waals surface area contributed by atoms with E-state index in [-0.39, 0.29) is 30.3 Å². The van der Waals surface area contributed by atoms with Crippen LogP contribution < -0.4 is 10.7 Å². The molecule has 4 aliphatic heterocycles. The molecule has 42 heavy (non-hydrogen) atoms. The van der Waals surface area contributed by atoms with Gasteiger partial charge in [0.25, 0.3) is 0 Å². The van der Waals surface area contributed by atoms with Gasteiger partial charge < -0.3 is 29.0 Å². The summed E-state index contributed by atoms with van der Waals surface area (Å²) in [7, 11) is 1.79. The first-order valence-corrected chi connectivity index (χ1v) is 15.3. The van der Waals surface area contributed by atoms with Crippen molar-refractivity contribution in [1.29, 1.82) is 0 Å². The van der Waals surface area contributed by atoms with E-state index in [2.05, 4.69) is 10.7 Å². The van der Waals surface area contributed by atoms with E-state index >= 15 is 0 Å². The van der Waals surface area contributed by atoms with E-state index in [1.807, 2.05) is 20.8 Å². The van der Waals surface area contributed by atoms with Crippen LogP contribution in [-0.2, 0) is 33.3 Å². The van der Waals surface area contributed by atoms with Gasteiger partial charge in [-0.05, 0) is 52.4 Å². The maximum atomic E-state index is 14.0. The van der Waals surface area contributed by atoms with Crippen LogP contribution in [0.15, 0.2) is 0 Å². The van der Waals surface area contributed by atoms with E-state index in [1.165, 1.54) is 0 Å². The second-order valence-corrected chi connectivity index (χ2v) is 13.4. The lowest BCUT2D eigenvalue weighted by atomic mass is 9.74. The molecule has 4 heterocycles. The Kier molecular flexibility index (Phi) is 9.49. The van der Waals surface area contributed by atoms with Crippen molar-refractivity contribution in [2.75, 3.05) is 7.05 Å². The van der Waals surface area contributed by atoms with Gasteiger partial charge in [-0.25, -0.2) is 14.6 Å². The number of carbonyl (C=O) groups is 4. The number of Topliss-reactive ketones (excluding diaryl/α,β-unsaturated/α-hetero) is 1. The first-order chi connectivity index (χ1) is 19.6. The molecule has 0 radical (unpaired) electrons. The van der Waals surface area contributed by atoms with Crippen LogP contribution in [0, 0.1) is 23.7 Å². The minimum atomic E-state index is -1.27. The van der Waals surface area contributed by atoms with E-state index in [1.54, 1.807) is 46.7 Å². The fourth-order valence-corrected chi connectivity index (χ4v) is 7.62. The maximum Gasteiger partial charge on any atom is 0.422 e. The quantitative estimate of drug-likeness (QED) is 0.340. The number of rotatable bonds is 1. The molecule has 2 amide bonds. The zero-order valence-electron chi connectivity index (χ0n) is 26.4. The highest BCUT2D eigenvalue weighted by Crippen LogP contribution is 2.41. The molecular weight excluding hydrogens is 546 g/mol. The number of fused-ring (bicyclic) bond motifs is 4. The molecule has 0 saturated carbocycles. The minimum absolute atomic E-state index is 0.0242.